The summed E-state index contributed by atoms with van der Waals surface area (Å²) in [5.74, 6) is 0.708. The van der Waals surface area contributed by atoms with Crippen molar-refractivity contribution in [2.45, 2.75) is 45.7 Å². The van der Waals surface area contributed by atoms with E-state index in [1.165, 1.54) is 11.1 Å². The highest BCUT2D eigenvalue weighted by Crippen LogP contribution is 2.35. The lowest BCUT2D eigenvalue weighted by molar-refractivity contribution is 0.213. The van der Waals surface area contributed by atoms with E-state index >= 15 is 0 Å². The molecule has 0 spiro atoms. The van der Waals surface area contributed by atoms with Gasteiger partial charge in [-0.05, 0) is 35.8 Å². The third-order valence-electron chi connectivity index (χ3n) is 4.35. The molecule has 1 aliphatic carbocycles. The fourth-order valence-corrected chi connectivity index (χ4v) is 3.08. The fraction of sp³-hybridized carbons (Fsp3) is 0.588. The van der Waals surface area contributed by atoms with Gasteiger partial charge in [-0.1, -0.05) is 45.0 Å². The summed E-state index contributed by atoms with van der Waals surface area (Å²) < 4.78 is 0. The average Bonchev–Trinajstić information content (AvgIpc) is 2.75. The van der Waals surface area contributed by atoms with Crippen molar-refractivity contribution >= 4 is 6.03 Å². The van der Waals surface area contributed by atoms with Gasteiger partial charge in [0.25, 0.3) is 0 Å². The Morgan fingerprint density at radius 1 is 1.38 bits per heavy atom. The quantitative estimate of drug-likeness (QED) is 0.780. The highest BCUT2D eigenvalue weighted by Gasteiger charge is 2.30. The maximum Gasteiger partial charge on any atom is 0.315 e. The Kier molecular flexibility index (Phi) is 5.23. The summed E-state index contributed by atoms with van der Waals surface area (Å²) in [5, 5.41) is 15.2. The van der Waals surface area contributed by atoms with E-state index in [2.05, 4.69) is 29.7 Å². The number of fused-ring (bicyclic) bond motifs is 1. The van der Waals surface area contributed by atoms with E-state index in [-0.39, 0.29) is 24.7 Å². The molecule has 4 heteroatoms. The molecule has 2 amide bonds. The van der Waals surface area contributed by atoms with E-state index in [4.69, 9.17) is 5.11 Å². The summed E-state index contributed by atoms with van der Waals surface area (Å²) in [6, 6.07) is 8.22. The van der Waals surface area contributed by atoms with Crippen LogP contribution in [0.5, 0.6) is 0 Å². The molecule has 116 valence electrons. The van der Waals surface area contributed by atoms with Crippen LogP contribution >= 0.6 is 0 Å². The summed E-state index contributed by atoms with van der Waals surface area (Å²) in [7, 11) is 0. The maximum atomic E-state index is 12.2. The third-order valence-corrected chi connectivity index (χ3v) is 4.35. The van der Waals surface area contributed by atoms with Crippen molar-refractivity contribution in [3.05, 3.63) is 35.4 Å². The first-order valence-corrected chi connectivity index (χ1v) is 7.78. The van der Waals surface area contributed by atoms with E-state index in [0.29, 0.717) is 18.3 Å². The SMILES string of the molecule is CC(C)C(CCO)NC(=O)NC1c2ccccc2CC1C. The first kappa shape index (κ1) is 15.8. The summed E-state index contributed by atoms with van der Waals surface area (Å²) in [5.41, 5.74) is 2.55. The Balaban J connectivity index is 1.99. The molecule has 0 aromatic heterocycles. The number of hydrogen-bond donors (Lipinski definition) is 3. The molecule has 4 nitrogen and oxygen atoms in total. The van der Waals surface area contributed by atoms with Gasteiger partial charge in [-0.25, -0.2) is 4.79 Å². The molecule has 1 aliphatic rings. The van der Waals surface area contributed by atoms with Gasteiger partial charge in [0, 0.05) is 12.6 Å². The number of amides is 2. The zero-order chi connectivity index (χ0) is 15.4. The maximum absolute atomic E-state index is 12.2. The first-order valence-electron chi connectivity index (χ1n) is 7.78. The molecule has 3 N–H and O–H groups in total. The number of benzene rings is 1. The molecule has 0 fully saturated rings. The van der Waals surface area contributed by atoms with Gasteiger partial charge >= 0.3 is 6.03 Å². The number of nitrogens with one attached hydrogen (secondary N) is 2. The van der Waals surface area contributed by atoms with Crippen LogP contribution in [0.2, 0.25) is 0 Å². The molecule has 2 rings (SSSR count). The van der Waals surface area contributed by atoms with Crippen molar-refractivity contribution in [3.63, 3.8) is 0 Å². The van der Waals surface area contributed by atoms with Crippen molar-refractivity contribution in [1.82, 2.24) is 10.6 Å². The summed E-state index contributed by atoms with van der Waals surface area (Å²) in [6.07, 6.45) is 1.59. The second-order valence-corrected chi connectivity index (χ2v) is 6.34. The largest absolute Gasteiger partial charge is 0.396 e. The van der Waals surface area contributed by atoms with Gasteiger partial charge in [-0.2, -0.15) is 0 Å². The molecule has 0 radical (unpaired) electrons. The molecule has 0 saturated carbocycles. The van der Waals surface area contributed by atoms with Crippen LogP contribution in [0.25, 0.3) is 0 Å². The van der Waals surface area contributed by atoms with Crippen LogP contribution < -0.4 is 10.6 Å². The lowest BCUT2D eigenvalue weighted by Crippen LogP contribution is -2.46. The zero-order valence-corrected chi connectivity index (χ0v) is 13.1. The Morgan fingerprint density at radius 3 is 2.76 bits per heavy atom. The minimum atomic E-state index is -0.143. The van der Waals surface area contributed by atoms with E-state index in [0.717, 1.165) is 6.42 Å². The molecule has 1 aromatic carbocycles. The van der Waals surface area contributed by atoms with Crippen LogP contribution in [-0.4, -0.2) is 23.8 Å². The topological polar surface area (TPSA) is 61.4 Å². The third kappa shape index (κ3) is 3.76. The summed E-state index contributed by atoms with van der Waals surface area (Å²) in [4.78, 5) is 12.2. The molecule has 0 heterocycles. The second kappa shape index (κ2) is 6.94. The van der Waals surface area contributed by atoms with Crippen LogP contribution in [0.4, 0.5) is 4.79 Å². The predicted octanol–water partition coefficient (Wildman–Crippen LogP) is 2.63. The van der Waals surface area contributed by atoms with E-state index in [9.17, 15) is 4.79 Å². The molecule has 0 bridgehead atoms. The Morgan fingerprint density at radius 2 is 2.10 bits per heavy atom. The second-order valence-electron chi connectivity index (χ2n) is 6.34. The van der Waals surface area contributed by atoms with Gasteiger partial charge in [0.15, 0.2) is 0 Å². The van der Waals surface area contributed by atoms with E-state index < -0.39 is 0 Å². The first-order chi connectivity index (χ1) is 10.0. The summed E-state index contributed by atoms with van der Waals surface area (Å²) >= 11 is 0. The number of hydrogen-bond acceptors (Lipinski definition) is 2. The van der Waals surface area contributed by atoms with Gasteiger partial charge in [0.2, 0.25) is 0 Å². The van der Waals surface area contributed by atoms with Crippen molar-refractivity contribution in [2.24, 2.45) is 11.8 Å². The molecule has 21 heavy (non-hydrogen) atoms. The van der Waals surface area contributed by atoms with E-state index in [1.807, 2.05) is 26.0 Å². The standard InChI is InChI=1S/C17H26N2O2/c1-11(2)15(8-9-20)18-17(21)19-16-12(3)10-13-6-4-5-7-14(13)16/h4-7,11-12,15-16,20H,8-10H2,1-3H3,(H2,18,19,21). The summed E-state index contributed by atoms with van der Waals surface area (Å²) in [6.45, 7) is 6.35. The highest BCUT2D eigenvalue weighted by atomic mass is 16.3. The number of carbonyl (C=O) groups is 1. The highest BCUT2D eigenvalue weighted by molar-refractivity contribution is 5.75. The number of rotatable bonds is 5. The Labute approximate surface area is 126 Å². The Hall–Kier alpha value is -1.55. The molecule has 0 aliphatic heterocycles. The van der Waals surface area contributed by atoms with Gasteiger partial charge in [-0.3, -0.25) is 0 Å². The van der Waals surface area contributed by atoms with Gasteiger partial charge in [0.05, 0.1) is 6.04 Å². The average molecular weight is 290 g/mol. The molecule has 0 saturated heterocycles. The van der Waals surface area contributed by atoms with Crippen molar-refractivity contribution in [2.75, 3.05) is 6.61 Å². The number of carbonyl (C=O) groups excluding carboxylic acids is 1. The van der Waals surface area contributed by atoms with E-state index in [1.54, 1.807) is 0 Å². The van der Waals surface area contributed by atoms with Crippen LogP contribution in [0, 0.1) is 11.8 Å². The number of urea groups is 1. The smallest absolute Gasteiger partial charge is 0.315 e. The van der Waals surface area contributed by atoms with Crippen LogP contribution in [0.15, 0.2) is 24.3 Å². The minimum absolute atomic E-state index is 0.00181. The Bertz CT molecular complexity index is 487. The monoisotopic (exact) mass is 290 g/mol. The van der Waals surface area contributed by atoms with Gasteiger partial charge in [-0.15, -0.1) is 0 Å². The normalized spacial score (nSPS) is 22.0. The molecular formula is C17H26N2O2. The molecule has 1 aromatic rings. The van der Waals surface area contributed by atoms with Crippen LogP contribution in [0.1, 0.15) is 44.4 Å². The number of aliphatic hydroxyl groups excluding tert-OH is 1. The lowest BCUT2D eigenvalue weighted by Gasteiger charge is -2.25. The predicted molar refractivity (Wildman–Crippen MR) is 84.0 cm³/mol. The molecule has 3 unspecified atom stereocenters. The number of aliphatic hydroxyl groups is 1. The van der Waals surface area contributed by atoms with Gasteiger partial charge < -0.3 is 15.7 Å². The van der Waals surface area contributed by atoms with Crippen molar-refractivity contribution in [3.8, 4) is 0 Å². The fourth-order valence-electron chi connectivity index (χ4n) is 3.08. The molecular weight excluding hydrogens is 264 g/mol. The minimum Gasteiger partial charge on any atom is -0.396 e. The van der Waals surface area contributed by atoms with Crippen molar-refractivity contribution in [1.29, 1.82) is 0 Å². The molecule has 3 atom stereocenters. The lowest BCUT2D eigenvalue weighted by atomic mass is 10.0. The zero-order valence-electron chi connectivity index (χ0n) is 13.1. The van der Waals surface area contributed by atoms with Crippen LogP contribution in [-0.2, 0) is 6.42 Å². The van der Waals surface area contributed by atoms with Gasteiger partial charge in [0.1, 0.15) is 0 Å². The van der Waals surface area contributed by atoms with Crippen LogP contribution in [0.3, 0.4) is 0 Å². The van der Waals surface area contributed by atoms with Crippen molar-refractivity contribution < 1.29 is 9.90 Å².